The van der Waals surface area contributed by atoms with Crippen LogP contribution in [0.4, 0.5) is 5.69 Å². The number of rotatable bonds is 4. The maximum atomic E-state index is 15.4. The topological polar surface area (TPSA) is 107 Å². The number of likely N-dealkylation sites (tertiary alicyclic amines) is 1. The molecule has 2 N–H and O–H groups in total. The van der Waals surface area contributed by atoms with Gasteiger partial charge in [0.05, 0.1) is 28.9 Å². The van der Waals surface area contributed by atoms with Gasteiger partial charge in [-0.25, -0.2) is 0 Å². The number of aromatic hydroxyl groups is 1. The van der Waals surface area contributed by atoms with Crippen LogP contribution in [0.2, 0.25) is 0 Å². The number of aryl methyl sites for hydroxylation is 1. The van der Waals surface area contributed by atoms with Crippen LogP contribution in [-0.2, 0) is 24.6 Å². The fourth-order valence-electron chi connectivity index (χ4n) is 9.31. The number of amides is 4. The van der Waals surface area contributed by atoms with Gasteiger partial charge >= 0.3 is 0 Å². The minimum Gasteiger partial charge on any atom is -0.507 e. The Morgan fingerprint density at radius 3 is 2.14 bits per heavy atom. The minimum absolute atomic E-state index is 0.114. The second-order valence-corrected chi connectivity index (χ2v) is 15.0. The third-order valence-corrected chi connectivity index (χ3v) is 11.3. The average Bonchev–Trinajstić information content (AvgIpc) is 3.48. The van der Waals surface area contributed by atoms with Crippen molar-refractivity contribution in [3.8, 4) is 5.75 Å². The van der Waals surface area contributed by atoms with Gasteiger partial charge in [0.2, 0.25) is 11.8 Å². The summed E-state index contributed by atoms with van der Waals surface area (Å²) in [5.41, 5.74) is 5.13. The van der Waals surface area contributed by atoms with Crippen molar-refractivity contribution in [3.05, 3.63) is 119 Å². The zero-order valence-electron chi connectivity index (χ0n) is 28.0. The summed E-state index contributed by atoms with van der Waals surface area (Å²) in [5, 5.41) is 13.5. The molecular formula is C41H39N3O5. The van der Waals surface area contributed by atoms with E-state index < -0.39 is 40.5 Å². The van der Waals surface area contributed by atoms with Crippen molar-refractivity contribution in [2.24, 2.45) is 23.7 Å². The van der Waals surface area contributed by atoms with Crippen molar-refractivity contribution in [1.82, 2.24) is 9.91 Å². The van der Waals surface area contributed by atoms with Gasteiger partial charge in [-0.3, -0.25) is 29.5 Å². The van der Waals surface area contributed by atoms with Gasteiger partial charge in [-0.1, -0.05) is 90.0 Å². The summed E-state index contributed by atoms with van der Waals surface area (Å²) in [4.78, 5) is 59.8. The lowest BCUT2D eigenvalue weighted by Crippen LogP contribution is -2.53. The van der Waals surface area contributed by atoms with E-state index in [0.29, 0.717) is 23.1 Å². The number of hydrazine groups is 1. The number of hydrogen-bond acceptors (Lipinski definition) is 6. The van der Waals surface area contributed by atoms with E-state index in [-0.39, 0.29) is 35.8 Å². The summed E-state index contributed by atoms with van der Waals surface area (Å²) in [6, 6.07) is 28.1. The van der Waals surface area contributed by atoms with Crippen LogP contribution in [0.5, 0.6) is 5.75 Å². The molecule has 0 aromatic heterocycles. The Bertz CT molecular complexity index is 2080. The van der Waals surface area contributed by atoms with Gasteiger partial charge in [0.1, 0.15) is 5.75 Å². The van der Waals surface area contributed by atoms with Crippen molar-refractivity contribution >= 4 is 40.1 Å². The number of imide groups is 2. The van der Waals surface area contributed by atoms with Crippen LogP contribution in [0.1, 0.15) is 56.2 Å². The summed E-state index contributed by atoms with van der Waals surface area (Å²) in [6.07, 6.45) is 2.68. The quantitative estimate of drug-likeness (QED) is 0.189. The zero-order chi connectivity index (χ0) is 34.4. The molecule has 0 bridgehead atoms. The number of fused-ring (bicyclic) bond motifs is 5. The van der Waals surface area contributed by atoms with Crippen LogP contribution in [0, 0.1) is 30.6 Å². The van der Waals surface area contributed by atoms with Gasteiger partial charge in [0.15, 0.2) is 0 Å². The van der Waals surface area contributed by atoms with E-state index in [1.54, 1.807) is 6.07 Å². The normalized spacial score (nSPS) is 28.0. The Kier molecular flexibility index (Phi) is 6.90. The monoisotopic (exact) mass is 653 g/mol. The molecular weight excluding hydrogens is 614 g/mol. The molecule has 4 aromatic rings. The maximum Gasteiger partial charge on any atom is 0.260 e. The third-order valence-electron chi connectivity index (χ3n) is 11.3. The Balaban J connectivity index is 1.39. The molecule has 4 amide bonds. The van der Waals surface area contributed by atoms with Crippen LogP contribution < -0.4 is 5.43 Å². The van der Waals surface area contributed by atoms with Gasteiger partial charge in [-0.15, -0.1) is 0 Å². The molecule has 1 saturated carbocycles. The molecule has 8 heteroatoms. The number of nitrogens with zero attached hydrogens (tertiary/aromatic N) is 2. The number of allylic oxidation sites excluding steroid dienone is 2. The summed E-state index contributed by atoms with van der Waals surface area (Å²) in [7, 11) is 0. The lowest BCUT2D eigenvalue weighted by Gasteiger charge is -2.51. The number of nitrogens with one attached hydrogen (secondary N) is 1. The first-order valence-corrected chi connectivity index (χ1v) is 17.0. The molecule has 8 nitrogen and oxygen atoms in total. The number of anilines is 1. The Morgan fingerprint density at radius 2 is 1.45 bits per heavy atom. The molecule has 4 aliphatic rings. The standard InChI is InChI=1S/C41H39N3O5/c1-23-14-16-25(17-15-23)42-44-37(47)32-22-31-29(18-19-30-34(31)38(48)43(36(30)46)40(2,3)4)35(41(32,39(44)49)24-10-6-5-7-11-24)28-20-21-33(45)27-13-9-8-12-26(27)28/h5-18,20-21,30-32,34-35,42,45H,19,22H2,1-4H3. The van der Waals surface area contributed by atoms with Crippen LogP contribution >= 0.6 is 0 Å². The maximum absolute atomic E-state index is 15.4. The molecule has 2 aliphatic heterocycles. The molecule has 6 unspecified atom stereocenters. The van der Waals surface area contributed by atoms with Crippen LogP contribution in [0.15, 0.2) is 103 Å². The zero-order valence-corrected chi connectivity index (χ0v) is 28.0. The van der Waals surface area contributed by atoms with Gasteiger partial charge in [-0.2, -0.15) is 5.01 Å². The van der Waals surface area contributed by atoms with E-state index in [9.17, 15) is 19.5 Å². The summed E-state index contributed by atoms with van der Waals surface area (Å²) >= 11 is 0. The van der Waals surface area contributed by atoms with E-state index in [2.05, 4.69) is 11.5 Å². The number of carbonyl (C=O) groups excluding carboxylic acids is 4. The molecule has 3 fully saturated rings. The second kappa shape index (κ2) is 10.9. The third kappa shape index (κ3) is 4.35. The summed E-state index contributed by atoms with van der Waals surface area (Å²) < 4.78 is 0. The van der Waals surface area contributed by atoms with Gasteiger partial charge < -0.3 is 5.11 Å². The number of carbonyl (C=O) groups is 4. The molecule has 2 saturated heterocycles. The molecule has 2 aliphatic carbocycles. The molecule has 248 valence electrons. The average molecular weight is 654 g/mol. The Labute approximate surface area is 285 Å². The van der Waals surface area contributed by atoms with E-state index in [0.717, 1.165) is 22.1 Å². The minimum atomic E-state index is -1.37. The van der Waals surface area contributed by atoms with Crippen LogP contribution in [0.25, 0.3) is 10.8 Å². The Morgan fingerprint density at radius 1 is 0.776 bits per heavy atom. The first kappa shape index (κ1) is 31.1. The van der Waals surface area contributed by atoms with Crippen molar-refractivity contribution in [3.63, 3.8) is 0 Å². The van der Waals surface area contributed by atoms with Crippen molar-refractivity contribution in [2.45, 2.75) is 57.4 Å². The van der Waals surface area contributed by atoms with Gasteiger partial charge in [-0.05, 0) is 81.2 Å². The van der Waals surface area contributed by atoms with Crippen molar-refractivity contribution in [2.75, 3.05) is 5.43 Å². The summed E-state index contributed by atoms with van der Waals surface area (Å²) in [5.74, 6) is -4.16. The highest BCUT2D eigenvalue weighted by atomic mass is 16.3. The van der Waals surface area contributed by atoms with E-state index in [4.69, 9.17) is 0 Å². The number of phenolic OH excluding ortho intramolecular Hbond substituents is 1. The lowest BCUT2D eigenvalue weighted by atomic mass is 9.49. The fourth-order valence-corrected chi connectivity index (χ4v) is 9.31. The lowest BCUT2D eigenvalue weighted by molar-refractivity contribution is -0.146. The summed E-state index contributed by atoms with van der Waals surface area (Å²) in [6.45, 7) is 7.58. The number of hydrogen-bond donors (Lipinski definition) is 2. The fraction of sp³-hybridized carbons (Fsp3) is 0.317. The molecule has 2 heterocycles. The predicted molar refractivity (Wildman–Crippen MR) is 186 cm³/mol. The number of benzene rings is 4. The van der Waals surface area contributed by atoms with Crippen LogP contribution in [0.3, 0.4) is 0 Å². The van der Waals surface area contributed by atoms with Crippen molar-refractivity contribution < 1.29 is 24.3 Å². The van der Waals surface area contributed by atoms with E-state index in [1.807, 2.05) is 113 Å². The SMILES string of the molecule is Cc1ccc(NN2C(=O)C3CC4C(=CCC5C(=O)N(C(C)(C)C)C(=O)C54)C(c4ccc(O)c5ccccc45)C3(c3ccccc3)C2=O)cc1. The molecule has 4 aromatic carbocycles. The first-order chi connectivity index (χ1) is 23.4. The van der Waals surface area contributed by atoms with Crippen molar-refractivity contribution in [1.29, 1.82) is 0 Å². The predicted octanol–water partition coefficient (Wildman–Crippen LogP) is 6.64. The smallest absolute Gasteiger partial charge is 0.260 e. The molecule has 8 rings (SSSR count). The largest absolute Gasteiger partial charge is 0.507 e. The molecule has 0 spiro atoms. The van der Waals surface area contributed by atoms with E-state index >= 15 is 4.79 Å². The second-order valence-electron chi connectivity index (χ2n) is 15.0. The molecule has 0 radical (unpaired) electrons. The molecule has 49 heavy (non-hydrogen) atoms. The van der Waals surface area contributed by atoms with Gasteiger partial charge in [0.25, 0.3) is 11.8 Å². The van der Waals surface area contributed by atoms with Gasteiger partial charge in [0, 0.05) is 16.8 Å². The highest BCUT2D eigenvalue weighted by molar-refractivity contribution is 6.13. The highest BCUT2D eigenvalue weighted by Gasteiger charge is 2.70. The van der Waals surface area contributed by atoms with Crippen LogP contribution in [-0.4, -0.2) is 44.2 Å². The first-order valence-electron chi connectivity index (χ1n) is 17.0. The Hall–Kier alpha value is -5.24. The molecule has 6 atom stereocenters. The highest BCUT2D eigenvalue weighted by Crippen LogP contribution is 2.65. The number of phenols is 1. The van der Waals surface area contributed by atoms with E-state index in [1.165, 1.54) is 9.91 Å².